The van der Waals surface area contributed by atoms with E-state index in [-0.39, 0.29) is 28.6 Å². The second-order valence-electron chi connectivity index (χ2n) is 6.10. The highest BCUT2D eigenvalue weighted by molar-refractivity contribution is 8.18. The first-order valence-corrected chi connectivity index (χ1v) is 11.0. The van der Waals surface area contributed by atoms with E-state index in [1.807, 2.05) is 36.6 Å². The van der Waals surface area contributed by atoms with E-state index >= 15 is 0 Å². The lowest BCUT2D eigenvalue weighted by Gasteiger charge is -2.09. The Balaban J connectivity index is 1.43. The van der Waals surface area contributed by atoms with E-state index < -0.39 is 0 Å². The van der Waals surface area contributed by atoms with Crippen molar-refractivity contribution in [2.75, 3.05) is 5.32 Å². The lowest BCUT2D eigenvalue weighted by molar-refractivity contribution is -0.123. The minimum absolute atomic E-state index is 0.0120. The van der Waals surface area contributed by atoms with Crippen molar-refractivity contribution >= 4 is 63.3 Å². The number of thioether (sulfide) groups is 1. The molecule has 0 atom stereocenters. The Kier molecular flexibility index (Phi) is 5.56. The van der Waals surface area contributed by atoms with Gasteiger partial charge in [-0.15, -0.1) is 21.5 Å². The molecular weight excluding hydrogens is 428 g/mol. The molecule has 0 bridgehead atoms. The van der Waals surface area contributed by atoms with Gasteiger partial charge in [0.2, 0.25) is 5.01 Å². The highest BCUT2D eigenvalue weighted by Gasteiger charge is 2.36. The number of anilines is 1. The topological polar surface area (TPSA) is 92.3 Å². The van der Waals surface area contributed by atoms with E-state index in [4.69, 9.17) is 0 Å². The second kappa shape index (κ2) is 8.27. The molecule has 29 heavy (non-hydrogen) atoms. The molecule has 3 heterocycles. The predicted molar refractivity (Wildman–Crippen MR) is 115 cm³/mol. The van der Waals surface area contributed by atoms with Crippen LogP contribution in [0.1, 0.15) is 25.3 Å². The molecule has 1 aliphatic heterocycles. The van der Waals surface area contributed by atoms with E-state index in [1.165, 1.54) is 11.3 Å². The van der Waals surface area contributed by atoms with Crippen LogP contribution < -0.4 is 5.32 Å². The zero-order chi connectivity index (χ0) is 20.4. The number of aromatic nitrogens is 2. The molecule has 4 rings (SSSR count). The number of rotatable bonds is 5. The summed E-state index contributed by atoms with van der Waals surface area (Å²) in [7, 11) is 0. The van der Waals surface area contributed by atoms with Gasteiger partial charge in [0, 0.05) is 10.6 Å². The molecule has 1 aromatic carbocycles. The number of carbonyl (C=O) groups is 3. The van der Waals surface area contributed by atoms with E-state index in [1.54, 1.807) is 18.2 Å². The maximum absolute atomic E-state index is 12.6. The minimum Gasteiger partial charge on any atom is -0.320 e. The molecule has 7 nitrogen and oxygen atoms in total. The van der Waals surface area contributed by atoms with Gasteiger partial charge in [-0.2, -0.15) is 0 Å². The third kappa shape index (κ3) is 4.44. The first kappa shape index (κ1) is 19.5. The third-order valence-corrected chi connectivity index (χ3v) is 6.59. The van der Waals surface area contributed by atoms with Crippen LogP contribution in [0, 0.1) is 6.92 Å². The fourth-order valence-corrected chi connectivity index (χ4v) is 4.79. The van der Waals surface area contributed by atoms with Crippen LogP contribution in [0.4, 0.5) is 10.5 Å². The van der Waals surface area contributed by atoms with Gasteiger partial charge in [-0.25, -0.2) is 0 Å². The highest BCUT2D eigenvalue weighted by Crippen LogP contribution is 2.34. The number of imide groups is 1. The van der Waals surface area contributed by atoms with Crippen molar-refractivity contribution < 1.29 is 14.4 Å². The number of aryl methyl sites for hydroxylation is 1. The van der Waals surface area contributed by atoms with Gasteiger partial charge in [0.05, 0.1) is 11.4 Å². The molecule has 10 heteroatoms. The number of carbonyl (C=O) groups excluding carboxylic acids is 3. The smallest absolute Gasteiger partial charge is 0.293 e. The van der Waals surface area contributed by atoms with Gasteiger partial charge < -0.3 is 5.32 Å². The third-order valence-electron chi connectivity index (χ3n) is 3.95. The number of thiophene rings is 1. The molecule has 0 aliphatic carbocycles. The fraction of sp³-hybridized carbons (Fsp3) is 0.105. The Hall–Kier alpha value is -2.82. The summed E-state index contributed by atoms with van der Waals surface area (Å²) < 4.78 is 0. The molecule has 0 spiro atoms. The van der Waals surface area contributed by atoms with Crippen LogP contribution in [0.25, 0.3) is 6.08 Å². The number of amides is 3. The summed E-state index contributed by atoms with van der Waals surface area (Å²) >= 11 is 3.44. The van der Waals surface area contributed by atoms with Gasteiger partial charge in [0.1, 0.15) is 5.01 Å². The molecule has 0 unspecified atom stereocenters. The van der Waals surface area contributed by atoms with E-state index in [2.05, 4.69) is 15.5 Å². The summed E-state index contributed by atoms with van der Waals surface area (Å²) in [5.74, 6) is -0.751. The van der Waals surface area contributed by atoms with Crippen LogP contribution in [0.15, 0.2) is 46.7 Å². The Morgan fingerprint density at radius 3 is 2.69 bits per heavy atom. The van der Waals surface area contributed by atoms with Crippen LogP contribution in [0.3, 0.4) is 0 Å². The van der Waals surface area contributed by atoms with Crippen molar-refractivity contribution in [1.82, 2.24) is 15.1 Å². The molecule has 1 N–H and O–H groups in total. The van der Waals surface area contributed by atoms with Crippen LogP contribution in [0.2, 0.25) is 0 Å². The van der Waals surface area contributed by atoms with Gasteiger partial charge >= 0.3 is 0 Å². The minimum atomic E-state index is -0.385. The molecule has 0 saturated carbocycles. The van der Waals surface area contributed by atoms with Gasteiger partial charge in [0.15, 0.2) is 0 Å². The van der Waals surface area contributed by atoms with E-state index in [0.29, 0.717) is 15.6 Å². The largest absolute Gasteiger partial charge is 0.320 e. The van der Waals surface area contributed by atoms with Crippen LogP contribution in [-0.2, 0) is 11.3 Å². The Morgan fingerprint density at radius 1 is 1.17 bits per heavy atom. The summed E-state index contributed by atoms with van der Waals surface area (Å²) in [5.41, 5.74) is 1.74. The molecule has 2 aromatic heterocycles. The van der Waals surface area contributed by atoms with E-state index in [0.717, 1.165) is 38.4 Å². The average molecular weight is 443 g/mol. The quantitative estimate of drug-likeness (QED) is 0.589. The van der Waals surface area contributed by atoms with Crippen molar-refractivity contribution in [3.63, 3.8) is 0 Å². The Morgan fingerprint density at radius 2 is 1.97 bits per heavy atom. The maximum atomic E-state index is 12.6. The lowest BCUT2D eigenvalue weighted by Crippen LogP contribution is -2.27. The summed E-state index contributed by atoms with van der Waals surface area (Å²) in [5, 5.41) is 12.7. The molecule has 1 aliphatic rings. The van der Waals surface area contributed by atoms with Gasteiger partial charge in [-0.05, 0) is 48.3 Å². The normalized spacial score (nSPS) is 15.3. The van der Waals surface area contributed by atoms with Crippen molar-refractivity contribution in [3.05, 3.63) is 67.1 Å². The molecule has 3 aromatic rings. The Labute approximate surface area is 178 Å². The molecule has 0 radical (unpaired) electrons. The summed E-state index contributed by atoms with van der Waals surface area (Å²) in [6, 6.07) is 11.1. The van der Waals surface area contributed by atoms with Crippen molar-refractivity contribution in [3.8, 4) is 0 Å². The highest BCUT2D eigenvalue weighted by atomic mass is 32.2. The predicted octanol–water partition coefficient (Wildman–Crippen LogP) is 4.40. The average Bonchev–Trinajstić information content (AvgIpc) is 3.43. The van der Waals surface area contributed by atoms with Crippen LogP contribution in [-0.4, -0.2) is 32.2 Å². The number of hydrogen-bond acceptors (Lipinski definition) is 8. The van der Waals surface area contributed by atoms with Gasteiger partial charge in [0.25, 0.3) is 17.1 Å². The SMILES string of the molecule is Cc1ccc(NC(=O)c2nnc(CN3C(=O)SC(=Cc4cccs4)C3=O)s2)cc1. The number of hydrogen-bond donors (Lipinski definition) is 1. The van der Waals surface area contributed by atoms with Crippen molar-refractivity contribution in [1.29, 1.82) is 0 Å². The number of benzene rings is 1. The first-order valence-electron chi connectivity index (χ1n) is 8.49. The molecule has 146 valence electrons. The summed E-state index contributed by atoms with van der Waals surface area (Å²) in [6.45, 7) is 1.95. The fourth-order valence-electron chi connectivity index (χ4n) is 2.50. The molecule has 1 fully saturated rings. The van der Waals surface area contributed by atoms with Crippen LogP contribution >= 0.6 is 34.4 Å². The standard InChI is InChI=1S/C19H14N4O3S3/c1-11-4-6-12(7-5-11)20-16(24)17-22-21-15(29-17)10-23-18(25)14(28-19(23)26)9-13-3-2-8-27-13/h2-9H,10H2,1H3,(H,20,24). The number of nitrogens with one attached hydrogen (secondary N) is 1. The zero-order valence-electron chi connectivity index (χ0n) is 15.1. The van der Waals surface area contributed by atoms with Crippen molar-refractivity contribution in [2.24, 2.45) is 0 Å². The lowest BCUT2D eigenvalue weighted by atomic mass is 10.2. The van der Waals surface area contributed by atoms with Gasteiger partial charge in [-0.1, -0.05) is 35.1 Å². The molecular formula is C19H14N4O3S3. The second-order valence-corrected chi connectivity index (χ2v) is 9.14. The molecule has 3 amide bonds. The van der Waals surface area contributed by atoms with E-state index in [9.17, 15) is 14.4 Å². The van der Waals surface area contributed by atoms with Gasteiger partial charge in [-0.3, -0.25) is 19.3 Å². The number of nitrogens with zero attached hydrogens (tertiary/aromatic N) is 3. The first-order chi connectivity index (χ1) is 14.0. The monoisotopic (exact) mass is 442 g/mol. The maximum Gasteiger partial charge on any atom is 0.293 e. The van der Waals surface area contributed by atoms with Crippen molar-refractivity contribution in [2.45, 2.75) is 13.5 Å². The van der Waals surface area contributed by atoms with Crippen LogP contribution in [0.5, 0.6) is 0 Å². The summed E-state index contributed by atoms with van der Waals surface area (Å²) in [6.07, 6.45) is 1.70. The summed E-state index contributed by atoms with van der Waals surface area (Å²) in [4.78, 5) is 39.5. The Bertz CT molecular complexity index is 1100. The zero-order valence-corrected chi connectivity index (χ0v) is 17.6. The molecule has 1 saturated heterocycles.